The van der Waals surface area contributed by atoms with Gasteiger partial charge < -0.3 is 76.7 Å². The number of aliphatic hydroxyl groups excluding tert-OH is 1. The smallest absolute Gasteiger partial charge is 0.407 e. The van der Waals surface area contributed by atoms with Crippen molar-refractivity contribution in [2.75, 3.05) is 13.2 Å². The van der Waals surface area contributed by atoms with Crippen LogP contribution in [0.1, 0.15) is 45.9 Å². The second-order valence-electron chi connectivity index (χ2n) is 22.7. The molecule has 486 valence electrons. The molecule has 22 nitrogen and oxygen atoms in total. The van der Waals surface area contributed by atoms with Gasteiger partial charge in [-0.25, -0.2) is 14.4 Å². The molecule has 4 saturated heterocycles. The summed E-state index contributed by atoms with van der Waals surface area (Å²) in [5.41, 5.74) is 15.4. The van der Waals surface area contributed by atoms with Crippen molar-refractivity contribution in [1.29, 1.82) is 0 Å². The number of rotatable bonds is 30. The molecular formula is C71H74N4O18. The molecule has 0 unspecified atom stereocenters. The molecule has 0 radical (unpaired) electrons. The molecule has 16 atom stereocenters. The highest BCUT2D eigenvalue weighted by Crippen LogP contribution is 2.41. The maximum absolute atomic E-state index is 15.1. The topological polar surface area (TPSA) is 261 Å². The Kier molecular flexibility index (Phi) is 23.7. The fraction of sp³-hybridized carbons (Fsp3) is 0.366. The molecule has 0 aromatic heterocycles. The number of ether oxygens (including phenoxy) is 14. The van der Waals surface area contributed by atoms with Crippen LogP contribution in [0.25, 0.3) is 10.4 Å². The molecule has 4 aliphatic heterocycles. The number of nitrogens with zero attached hydrogens (tertiary/aromatic N) is 3. The van der Waals surface area contributed by atoms with E-state index in [-0.39, 0.29) is 59.5 Å². The van der Waals surface area contributed by atoms with E-state index < -0.39 is 116 Å². The molecule has 2 bridgehead atoms. The number of esters is 2. The molecule has 22 heteroatoms. The Bertz CT molecular complexity index is 3460. The summed E-state index contributed by atoms with van der Waals surface area (Å²) in [4.78, 5) is 45.6. The van der Waals surface area contributed by atoms with Gasteiger partial charge in [-0.1, -0.05) is 217 Å². The van der Waals surface area contributed by atoms with Gasteiger partial charge in [0.2, 0.25) is 0 Å². The first-order chi connectivity index (χ1) is 45.6. The molecule has 7 aromatic carbocycles. The predicted molar refractivity (Wildman–Crippen MR) is 332 cm³/mol. The summed E-state index contributed by atoms with van der Waals surface area (Å²) in [5, 5.41) is 18.4. The van der Waals surface area contributed by atoms with Crippen LogP contribution in [0.2, 0.25) is 0 Å². The van der Waals surface area contributed by atoms with Crippen LogP contribution in [0.3, 0.4) is 0 Å². The molecule has 11 rings (SSSR count). The van der Waals surface area contributed by atoms with Gasteiger partial charge in [0.1, 0.15) is 55.9 Å². The van der Waals surface area contributed by atoms with Crippen molar-refractivity contribution >= 4 is 18.0 Å². The van der Waals surface area contributed by atoms with E-state index in [0.717, 1.165) is 33.4 Å². The summed E-state index contributed by atoms with van der Waals surface area (Å²) in [6, 6.07) is 62.8. The van der Waals surface area contributed by atoms with Crippen molar-refractivity contribution < 1.29 is 85.8 Å². The first-order valence-electron chi connectivity index (χ1n) is 30.9. The van der Waals surface area contributed by atoms with E-state index >= 15 is 4.79 Å². The summed E-state index contributed by atoms with van der Waals surface area (Å²) in [6.45, 7) is 1.66. The highest BCUT2D eigenvalue weighted by molar-refractivity contribution is 5.79. The van der Waals surface area contributed by atoms with E-state index in [1.165, 1.54) is 0 Å². The number of amides is 1. The number of aliphatic hydroxyl groups is 1. The molecule has 0 saturated carbocycles. The van der Waals surface area contributed by atoms with Crippen LogP contribution in [-0.4, -0.2) is 134 Å². The minimum Gasteiger partial charge on any atom is -0.459 e. The fourth-order valence-electron chi connectivity index (χ4n) is 11.3. The van der Waals surface area contributed by atoms with Gasteiger partial charge in [-0.2, -0.15) is 0 Å². The monoisotopic (exact) mass is 1270 g/mol. The van der Waals surface area contributed by atoms with E-state index in [2.05, 4.69) is 15.3 Å². The van der Waals surface area contributed by atoms with Crippen LogP contribution in [0.5, 0.6) is 0 Å². The van der Waals surface area contributed by atoms with Gasteiger partial charge in [-0.15, -0.1) is 0 Å². The Hall–Kier alpha value is -8.42. The molecule has 0 aliphatic carbocycles. The van der Waals surface area contributed by atoms with Gasteiger partial charge in [0.25, 0.3) is 0 Å². The zero-order valence-electron chi connectivity index (χ0n) is 51.0. The first kappa shape index (κ1) is 66.1. The molecule has 2 N–H and O–H groups in total. The lowest BCUT2D eigenvalue weighted by atomic mass is 9.94. The van der Waals surface area contributed by atoms with E-state index in [1.54, 1.807) is 31.2 Å². The largest absolute Gasteiger partial charge is 0.459 e. The second kappa shape index (κ2) is 33.4. The summed E-state index contributed by atoms with van der Waals surface area (Å²) < 4.78 is 91.8. The minimum absolute atomic E-state index is 0.0251. The van der Waals surface area contributed by atoms with Crippen LogP contribution in [0.15, 0.2) is 217 Å². The Morgan fingerprint density at radius 3 is 1.51 bits per heavy atom. The summed E-state index contributed by atoms with van der Waals surface area (Å²) in [6.07, 6.45) is -20.0. The molecule has 4 aliphatic rings. The zero-order chi connectivity index (χ0) is 64.1. The van der Waals surface area contributed by atoms with E-state index in [0.29, 0.717) is 5.56 Å². The predicted octanol–water partition coefficient (Wildman–Crippen LogP) is 9.53. The van der Waals surface area contributed by atoms with Crippen molar-refractivity contribution in [3.63, 3.8) is 0 Å². The summed E-state index contributed by atoms with van der Waals surface area (Å²) >= 11 is 0. The number of carbonyl (C=O) groups is 3. The number of nitrogens with one attached hydrogen (secondary N) is 1. The molecule has 93 heavy (non-hydrogen) atoms. The van der Waals surface area contributed by atoms with Crippen molar-refractivity contribution in [3.8, 4) is 0 Å². The maximum atomic E-state index is 15.1. The highest BCUT2D eigenvalue weighted by Gasteiger charge is 2.63. The SMILES string of the molecule is C[C@H]1O[C@H](O[C@@H]2[C@@H]3OC(=O)[C@H]2O[C@H](O[C@H]2[C@@H](OCc4ccccc4)[C@@H](C(=O)OCc4ccccc4)O[C@H](OC[C@@H](COCc4ccccc4)OCc4ccccc4)[C@@H]2OCc2ccccc2)[C@@H]3OCc2ccccc2)[C@H](N=[N+]=[N-])[C@@H](O)[C@H]1NC(=O)OCc1ccccc1. The van der Waals surface area contributed by atoms with Crippen molar-refractivity contribution in [3.05, 3.63) is 262 Å². The normalized spacial score (nSPS) is 26.8. The van der Waals surface area contributed by atoms with Gasteiger partial charge in [0, 0.05) is 4.91 Å². The quantitative estimate of drug-likeness (QED) is 0.0140. The standard InChI is InChI=1S/C71H74N4O18/c1-46-55(73-71(79)87-43-53-35-21-8-22-36-53)57(76)56(74-75-72)68(88-46)90-60-61-65(84-41-51-31-17-6-18-32-51)70(93-63(60)67(78)89-61)91-59-58(82-39-49-27-13-4-14-28-49)62(66(77)85-42-52-33-19-7-20-34-52)92-69(64(59)83-40-50-29-15-5-16-30-50)86-45-54(81-38-48-25-11-3-12-26-48)44-80-37-47-23-9-2-10-24-47/h2-36,46,54-65,68-70,76H,37-45H2,1H3,(H,73,79)/t46-,54-,55+,56-,57+,58-,59+,60-,61+,62+,63+,64-,65-,68-,69+,70+/m1/s1. The average molecular weight is 1270 g/mol. The molecule has 4 heterocycles. The molecule has 0 spiro atoms. The van der Waals surface area contributed by atoms with Crippen LogP contribution in [0, 0.1) is 0 Å². The maximum Gasteiger partial charge on any atom is 0.407 e. The Balaban J connectivity index is 0.928. The Labute approximate surface area is 538 Å². The summed E-state index contributed by atoms with van der Waals surface area (Å²) in [5.74, 6) is -1.69. The minimum atomic E-state index is -1.59. The molecule has 1 amide bonds. The average Bonchev–Trinajstić information content (AvgIpc) is 1.80. The van der Waals surface area contributed by atoms with Gasteiger partial charge in [-0.3, -0.25) is 0 Å². The van der Waals surface area contributed by atoms with Crippen LogP contribution in [-0.2, 0) is 122 Å². The Morgan fingerprint density at radius 2 is 0.978 bits per heavy atom. The number of hydrogen-bond donors (Lipinski definition) is 2. The fourth-order valence-corrected chi connectivity index (χ4v) is 11.3. The third kappa shape index (κ3) is 18.0. The van der Waals surface area contributed by atoms with Gasteiger partial charge in [-0.05, 0) is 51.4 Å². The number of azide groups is 1. The Morgan fingerprint density at radius 1 is 0.516 bits per heavy atom. The molecule has 4 fully saturated rings. The van der Waals surface area contributed by atoms with E-state index in [4.69, 9.17) is 66.3 Å². The van der Waals surface area contributed by atoms with Crippen molar-refractivity contribution in [2.45, 2.75) is 151 Å². The second-order valence-corrected chi connectivity index (χ2v) is 22.7. The van der Waals surface area contributed by atoms with Crippen LogP contribution >= 0.6 is 0 Å². The number of carbonyl (C=O) groups excluding carboxylic acids is 3. The lowest BCUT2D eigenvalue weighted by molar-refractivity contribution is -0.366. The third-order valence-corrected chi connectivity index (χ3v) is 16.1. The van der Waals surface area contributed by atoms with Crippen LogP contribution in [0.4, 0.5) is 4.79 Å². The lowest BCUT2D eigenvalue weighted by Crippen LogP contribution is -2.66. The van der Waals surface area contributed by atoms with Gasteiger partial charge in [0.05, 0.1) is 64.5 Å². The van der Waals surface area contributed by atoms with Gasteiger partial charge in [0.15, 0.2) is 37.2 Å². The number of benzene rings is 7. The highest BCUT2D eigenvalue weighted by atomic mass is 16.8. The summed E-state index contributed by atoms with van der Waals surface area (Å²) in [7, 11) is 0. The van der Waals surface area contributed by atoms with E-state index in [9.17, 15) is 20.2 Å². The van der Waals surface area contributed by atoms with Crippen LogP contribution < -0.4 is 5.32 Å². The molecular weight excluding hydrogens is 1200 g/mol. The number of fused-ring (bicyclic) bond motifs is 2. The third-order valence-electron chi connectivity index (χ3n) is 16.1. The zero-order valence-corrected chi connectivity index (χ0v) is 51.0. The first-order valence-corrected chi connectivity index (χ1v) is 30.9. The number of alkyl carbamates (subject to hydrolysis) is 1. The van der Waals surface area contributed by atoms with Crippen molar-refractivity contribution in [2.24, 2.45) is 5.11 Å². The lowest BCUT2D eigenvalue weighted by Gasteiger charge is -2.48. The molecule has 7 aromatic rings. The van der Waals surface area contributed by atoms with Gasteiger partial charge >= 0.3 is 18.0 Å². The number of hydrogen-bond acceptors (Lipinski definition) is 19. The van der Waals surface area contributed by atoms with Crippen molar-refractivity contribution in [1.82, 2.24) is 5.32 Å². The van der Waals surface area contributed by atoms with E-state index in [1.807, 2.05) is 188 Å².